The second kappa shape index (κ2) is 8.66. The van der Waals surface area contributed by atoms with Crippen LogP contribution in [0, 0.1) is 15.5 Å². The molecule has 2 amide bonds. The highest BCUT2D eigenvalue weighted by molar-refractivity contribution is 5.94. The first-order chi connectivity index (χ1) is 13.5. The average Bonchev–Trinajstić information content (AvgIpc) is 2.74. The lowest BCUT2D eigenvalue weighted by atomic mass is 9.78. The van der Waals surface area contributed by atoms with Gasteiger partial charge < -0.3 is 19.9 Å². The number of non-ortho nitro benzene ring substituents is 1. The van der Waals surface area contributed by atoms with Gasteiger partial charge in [0.05, 0.1) is 16.9 Å². The summed E-state index contributed by atoms with van der Waals surface area (Å²) in [5, 5.41) is 14.0. The molecule has 0 saturated carbocycles. The molecular formula is C19H26N4O5. The molecule has 28 heavy (non-hydrogen) atoms. The molecule has 0 unspecified atom stereocenters. The van der Waals surface area contributed by atoms with Crippen molar-refractivity contribution >= 4 is 17.5 Å². The zero-order chi connectivity index (χ0) is 20.1. The van der Waals surface area contributed by atoms with Crippen molar-refractivity contribution in [2.75, 3.05) is 53.0 Å². The molecule has 0 aromatic heterocycles. The van der Waals surface area contributed by atoms with Crippen molar-refractivity contribution in [1.82, 2.24) is 15.1 Å². The number of carbonyl (C=O) groups is 2. The molecule has 2 aliphatic heterocycles. The number of ether oxygens (including phenoxy) is 1. The Kier molecular flexibility index (Phi) is 6.25. The Bertz CT molecular complexity index is 717. The third kappa shape index (κ3) is 4.15. The van der Waals surface area contributed by atoms with Crippen molar-refractivity contribution < 1.29 is 19.2 Å². The maximum Gasteiger partial charge on any atom is 0.269 e. The molecule has 0 bridgehead atoms. The Morgan fingerprint density at radius 3 is 2.21 bits per heavy atom. The van der Waals surface area contributed by atoms with Gasteiger partial charge in [-0.2, -0.15) is 0 Å². The molecule has 1 N–H and O–H groups in total. The van der Waals surface area contributed by atoms with Crippen LogP contribution < -0.4 is 5.32 Å². The predicted octanol–water partition coefficient (Wildman–Crippen LogP) is 0.895. The van der Waals surface area contributed by atoms with E-state index in [1.807, 2.05) is 4.90 Å². The number of nitro benzene ring substituents is 1. The molecule has 0 spiro atoms. The zero-order valence-corrected chi connectivity index (χ0v) is 16.1. The molecule has 1 aromatic rings. The third-order valence-corrected chi connectivity index (χ3v) is 5.61. The van der Waals surface area contributed by atoms with Gasteiger partial charge in [-0.1, -0.05) is 0 Å². The minimum atomic E-state index is -0.491. The second-order valence-corrected chi connectivity index (χ2v) is 7.35. The quantitative estimate of drug-likeness (QED) is 0.591. The van der Waals surface area contributed by atoms with Gasteiger partial charge in [0.2, 0.25) is 5.91 Å². The lowest BCUT2D eigenvalue weighted by Crippen LogP contribution is -2.57. The Hall–Kier alpha value is -2.52. The standard InChI is InChI=1S/C19H26N4O5/c1-28-14-19(6-8-20-9-7-19)18(25)22-12-10-21(11-13-22)17(24)15-2-4-16(5-3-15)23(26)27/h2-5,20H,6-14H2,1H3. The fourth-order valence-electron chi connectivity index (χ4n) is 3.96. The summed E-state index contributed by atoms with van der Waals surface area (Å²) in [6, 6.07) is 5.61. The van der Waals surface area contributed by atoms with Crippen LogP contribution in [0.1, 0.15) is 23.2 Å². The van der Waals surface area contributed by atoms with Gasteiger partial charge >= 0.3 is 0 Å². The number of methoxy groups -OCH3 is 1. The van der Waals surface area contributed by atoms with Crippen LogP contribution in [-0.2, 0) is 9.53 Å². The van der Waals surface area contributed by atoms with Crippen molar-refractivity contribution in [2.45, 2.75) is 12.8 Å². The van der Waals surface area contributed by atoms with E-state index in [-0.39, 0.29) is 17.5 Å². The van der Waals surface area contributed by atoms with Crippen molar-refractivity contribution in [3.63, 3.8) is 0 Å². The van der Waals surface area contributed by atoms with Crippen LogP contribution in [0.3, 0.4) is 0 Å². The van der Waals surface area contributed by atoms with Gasteiger partial charge in [0.25, 0.3) is 11.6 Å². The first kappa shape index (κ1) is 20.2. The smallest absolute Gasteiger partial charge is 0.269 e. The number of hydrogen-bond acceptors (Lipinski definition) is 6. The van der Waals surface area contributed by atoms with Crippen molar-refractivity contribution in [3.8, 4) is 0 Å². The first-order valence-corrected chi connectivity index (χ1v) is 9.50. The highest BCUT2D eigenvalue weighted by atomic mass is 16.6. The van der Waals surface area contributed by atoms with Gasteiger partial charge in [0, 0.05) is 51.0 Å². The number of piperidine rings is 1. The van der Waals surface area contributed by atoms with Crippen LogP contribution in [-0.4, -0.2) is 79.5 Å². The van der Waals surface area contributed by atoms with E-state index in [0.29, 0.717) is 38.3 Å². The average molecular weight is 390 g/mol. The number of piperazine rings is 1. The maximum absolute atomic E-state index is 13.2. The number of hydrogen-bond donors (Lipinski definition) is 1. The van der Waals surface area contributed by atoms with Crippen LogP contribution in [0.4, 0.5) is 5.69 Å². The molecule has 2 heterocycles. The van der Waals surface area contributed by atoms with Crippen LogP contribution in [0.2, 0.25) is 0 Å². The van der Waals surface area contributed by atoms with E-state index in [4.69, 9.17) is 4.74 Å². The van der Waals surface area contributed by atoms with Crippen molar-refractivity contribution in [3.05, 3.63) is 39.9 Å². The number of amides is 2. The Labute approximate surface area is 163 Å². The highest BCUT2D eigenvalue weighted by Gasteiger charge is 2.43. The van der Waals surface area contributed by atoms with Crippen LogP contribution in [0.15, 0.2) is 24.3 Å². The van der Waals surface area contributed by atoms with Crippen molar-refractivity contribution in [1.29, 1.82) is 0 Å². The maximum atomic E-state index is 13.2. The molecule has 152 valence electrons. The predicted molar refractivity (Wildman–Crippen MR) is 102 cm³/mol. The lowest BCUT2D eigenvalue weighted by molar-refractivity contribution is -0.384. The van der Waals surface area contributed by atoms with E-state index in [9.17, 15) is 19.7 Å². The first-order valence-electron chi connectivity index (χ1n) is 9.50. The molecule has 0 atom stereocenters. The van der Waals surface area contributed by atoms with Gasteiger partial charge in [-0.3, -0.25) is 19.7 Å². The van der Waals surface area contributed by atoms with Gasteiger partial charge in [-0.15, -0.1) is 0 Å². The minimum absolute atomic E-state index is 0.0441. The molecule has 2 aliphatic rings. The number of nitrogens with one attached hydrogen (secondary N) is 1. The summed E-state index contributed by atoms with van der Waals surface area (Å²) < 4.78 is 5.35. The fraction of sp³-hybridized carbons (Fsp3) is 0.579. The highest BCUT2D eigenvalue weighted by Crippen LogP contribution is 2.32. The molecule has 9 heteroatoms. The summed E-state index contributed by atoms with van der Waals surface area (Å²) in [5.74, 6) is -0.0613. The molecule has 1 aromatic carbocycles. The molecule has 9 nitrogen and oxygen atoms in total. The van der Waals surface area contributed by atoms with Crippen LogP contribution in [0.25, 0.3) is 0 Å². The van der Waals surface area contributed by atoms with Gasteiger partial charge in [0.15, 0.2) is 0 Å². The summed E-state index contributed by atoms with van der Waals surface area (Å²) >= 11 is 0. The monoisotopic (exact) mass is 390 g/mol. The number of nitrogens with zero attached hydrogens (tertiary/aromatic N) is 3. The molecule has 0 aliphatic carbocycles. The number of benzene rings is 1. The van der Waals surface area contributed by atoms with E-state index in [2.05, 4.69) is 5.32 Å². The molecule has 3 rings (SSSR count). The number of rotatable bonds is 5. The SMILES string of the molecule is COCC1(C(=O)N2CCN(C(=O)c3ccc([N+](=O)[O-])cc3)CC2)CCNCC1. The Morgan fingerprint density at radius 1 is 1.11 bits per heavy atom. The molecular weight excluding hydrogens is 364 g/mol. The van der Waals surface area contributed by atoms with Gasteiger partial charge in [-0.05, 0) is 38.1 Å². The van der Waals surface area contributed by atoms with E-state index in [1.54, 1.807) is 12.0 Å². The second-order valence-electron chi connectivity index (χ2n) is 7.35. The number of carbonyl (C=O) groups excluding carboxylic acids is 2. The summed E-state index contributed by atoms with van der Waals surface area (Å²) in [6.07, 6.45) is 1.50. The molecule has 2 saturated heterocycles. The summed E-state index contributed by atoms with van der Waals surface area (Å²) in [5.41, 5.74) is -0.109. The van der Waals surface area contributed by atoms with Crippen molar-refractivity contribution in [2.24, 2.45) is 5.41 Å². The topological polar surface area (TPSA) is 105 Å². The fourth-order valence-corrected chi connectivity index (χ4v) is 3.96. The molecule has 2 fully saturated rings. The summed E-state index contributed by atoms with van der Waals surface area (Å²) in [4.78, 5) is 39.6. The van der Waals surface area contributed by atoms with Gasteiger partial charge in [0.1, 0.15) is 0 Å². The lowest BCUT2D eigenvalue weighted by Gasteiger charge is -2.42. The van der Waals surface area contributed by atoms with Crippen LogP contribution >= 0.6 is 0 Å². The molecule has 0 radical (unpaired) electrons. The zero-order valence-electron chi connectivity index (χ0n) is 16.1. The van der Waals surface area contributed by atoms with E-state index < -0.39 is 10.3 Å². The summed E-state index contributed by atoms with van der Waals surface area (Å²) in [7, 11) is 1.62. The number of nitro groups is 1. The van der Waals surface area contributed by atoms with Gasteiger partial charge in [-0.25, -0.2) is 0 Å². The normalized spacial score (nSPS) is 19.3. The summed E-state index contributed by atoms with van der Waals surface area (Å²) in [6.45, 7) is 3.87. The minimum Gasteiger partial charge on any atom is -0.384 e. The largest absolute Gasteiger partial charge is 0.384 e. The van der Waals surface area contributed by atoms with E-state index >= 15 is 0 Å². The Balaban J connectivity index is 1.61. The Morgan fingerprint density at radius 2 is 1.68 bits per heavy atom. The van der Waals surface area contributed by atoms with E-state index in [0.717, 1.165) is 25.9 Å². The third-order valence-electron chi connectivity index (χ3n) is 5.61. The van der Waals surface area contributed by atoms with E-state index in [1.165, 1.54) is 24.3 Å². The van der Waals surface area contributed by atoms with Crippen LogP contribution in [0.5, 0.6) is 0 Å².